The highest BCUT2D eigenvalue weighted by atomic mass is 32.2. The van der Waals surface area contributed by atoms with E-state index in [2.05, 4.69) is 15.4 Å². The molecule has 0 aromatic heterocycles. The van der Waals surface area contributed by atoms with Gasteiger partial charge in [0, 0.05) is 25.0 Å². The normalized spacial score (nSPS) is 31.8. The van der Waals surface area contributed by atoms with Crippen LogP contribution in [0.2, 0.25) is 0 Å². The van der Waals surface area contributed by atoms with Gasteiger partial charge in [-0.25, -0.2) is 9.52 Å². The minimum absolute atomic E-state index is 0.212. The molecule has 3 heterocycles. The van der Waals surface area contributed by atoms with Crippen LogP contribution in [0.4, 0.5) is 4.79 Å². The number of nitrogens with zero attached hydrogens (tertiary/aromatic N) is 2. The fourth-order valence-corrected chi connectivity index (χ4v) is 7.56. The van der Waals surface area contributed by atoms with Gasteiger partial charge < -0.3 is 20.3 Å². The van der Waals surface area contributed by atoms with E-state index in [-0.39, 0.29) is 24.3 Å². The Morgan fingerprint density at radius 3 is 2.46 bits per heavy atom. The maximum atomic E-state index is 13.7. The van der Waals surface area contributed by atoms with Gasteiger partial charge in [-0.2, -0.15) is 12.7 Å². The number of alkyl carbamates (subject to hydrolysis) is 1. The molecule has 0 spiro atoms. The summed E-state index contributed by atoms with van der Waals surface area (Å²) in [5, 5.41) is 5.56. The first kappa shape index (κ1) is 31.3. The summed E-state index contributed by atoms with van der Waals surface area (Å²) in [5.74, 6) is -1.98. The van der Waals surface area contributed by atoms with Crippen molar-refractivity contribution in [1.29, 1.82) is 0 Å². The number of rotatable bonds is 4. The van der Waals surface area contributed by atoms with Crippen molar-refractivity contribution in [1.82, 2.24) is 24.6 Å². The van der Waals surface area contributed by atoms with Crippen molar-refractivity contribution in [2.75, 3.05) is 13.1 Å². The molecule has 0 bridgehead atoms. The van der Waals surface area contributed by atoms with Crippen molar-refractivity contribution in [3.8, 4) is 0 Å². The summed E-state index contributed by atoms with van der Waals surface area (Å²) in [7, 11) is -4.07. The number of fused-ring (bicyclic) bond motifs is 2. The Morgan fingerprint density at radius 1 is 1.05 bits per heavy atom. The van der Waals surface area contributed by atoms with E-state index >= 15 is 0 Å². The Balaban J connectivity index is 1.54. The van der Waals surface area contributed by atoms with Crippen LogP contribution in [0.1, 0.15) is 91.9 Å². The molecule has 0 aromatic rings. The molecule has 3 aliphatic heterocycles. The predicted molar refractivity (Wildman–Crippen MR) is 152 cm³/mol. The highest BCUT2D eigenvalue weighted by Gasteiger charge is 2.61. The summed E-state index contributed by atoms with van der Waals surface area (Å²) in [6.07, 6.45) is 9.38. The van der Waals surface area contributed by atoms with Crippen molar-refractivity contribution >= 4 is 34.0 Å². The third-order valence-corrected chi connectivity index (χ3v) is 9.95. The number of hydrogen-bond donors (Lipinski definition) is 3. The molecule has 3 N–H and O–H groups in total. The van der Waals surface area contributed by atoms with Crippen LogP contribution in [0.25, 0.3) is 0 Å². The van der Waals surface area contributed by atoms with Crippen molar-refractivity contribution in [2.24, 2.45) is 5.92 Å². The Morgan fingerprint density at radius 2 is 1.78 bits per heavy atom. The fourth-order valence-electron chi connectivity index (χ4n) is 6.07. The molecular formula is C28H45N5O7S. The molecule has 4 amide bonds. The summed E-state index contributed by atoms with van der Waals surface area (Å²) >= 11 is 0. The monoisotopic (exact) mass is 595 g/mol. The van der Waals surface area contributed by atoms with Crippen LogP contribution in [0.15, 0.2) is 12.2 Å². The van der Waals surface area contributed by atoms with Gasteiger partial charge in [-0.3, -0.25) is 14.4 Å². The van der Waals surface area contributed by atoms with E-state index < -0.39 is 51.3 Å². The highest BCUT2D eigenvalue weighted by molar-refractivity contribution is 7.87. The van der Waals surface area contributed by atoms with Crippen LogP contribution >= 0.6 is 0 Å². The van der Waals surface area contributed by atoms with Gasteiger partial charge in [-0.1, -0.05) is 25.0 Å². The lowest BCUT2D eigenvalue weighted by atomic mass is 10.0. The van der Waals surface area contributed by atoms with Gasteiger partial charge in [0.2, 0.25) is 11.8 Å². The highest BCUT2D eigenvalue weighted by Crippen LogP contribution is 2.45. The van der Waals surface area contributed by atoms with E-state index in [0.717, 1.165) is 32.1 Å². The predicted octanol–water partition coefficient (Wildman–Crippen LogP) is 2.11. The van der Waals surface area contributed by atoms with Crippen molar-refractivity contribution in [2.45, 2.75) is 121 Å². The standard InChI is InChI=1S/C28H45N5O7S/c1-19-12-10-17-33(19)41(38,39)31-25(36)28-18-20(28)13-8-6-5-7-9-14-21(29-26(37)40-27(2,3)4)24(35)32-16-11-15-22(32)23(34)30-28/h8,13,19-22H,5-7,9-12,14-18H2,1-4H3,(H,29,37)(H,30,34)(H,31,36)/t19?,20-,21+,22+,28-/m1/s1. The molecule has 2 saturated heterocycles. The number of carbonyl (C=O) groups excluding carboxylic acids is 4. The van der Waals surface area contributed by atoms with Gasteiger partial charge in [0.1, 0.15) is 23.2 Å². The molecule has 41 heavy (non-hydrogen) atoms. The summed E-state index contributed by atoms with van der Waals surface area (Å²) < 4.78 is 35.0. The van der Waals surface area contributed by atoms with E-state index in [1.54, 1.807) is 27.7 Å². The number of ether oxygens (including phenoxy) is 1. The third-order valence-electron chi connectivity index (χ3n) is 8.35. The molecule has 3 fully saturated rings. The molecule has 4 aliphatic rings. The molecule has 1 aliphatic carbocycles. The van der Waals surface area contributed by atoms with E-state index in [1.807, 2.05) is 12.2 Å². The van der Waals surface area contributed by atoms with Crippen LogP contribution in [0.5, 0.6) is 0 Å². The molecule has 0 radical (unpaired) electrons. The van der Waals surface area contributed by atoms with E-state index in [0.29, 0.717) is 38.8 Å². The van der Waals surface area contributed by atoms with Gasteiger partial charge in [0.25, 0.3) is 5.91 Å². The van der Waals surface area contributed by atoms with Crippen molar-refractivity contribution < 1.29 is 32.3 Å². The molecule has 5 atom stereocenters. The zero-order valence-electron chi connectivity index (χ0n) is 24.6. The molecule has 1 saturated carbocycles. The second-order valence-corrected chi connectivity index (χ2v) is 14.4. The van der Waals surface area contributed by atoms with Gasteiger partial charge in [0.05, 0.1) is 0 Å². The van der Waals surface area contributed by atoms with Crippen LogP contribution < -0.4 is 15.4 Å². The average molecular weight is 596 g/mol. The van der Waals surface area contributed by atoms with E-state index in [9.17, 15) is 27.6 Å². The number of hydrogen-bond acceptors (Lipinski definition) is 7. The number of carbonyl (C=O) groups is 4. The second kappa shape index (κ2) is 12.3. The summed E-state index contributed by atoms with van der Waals surface area (Å²) in [6, 6.07) is -1.89. The Hall–Kier alpha value is -2.67. The lowest BCUT2D eigenvalue weighted by Gasteiger charge is -2.31. The molecule has 4 rings (SSSR count). The molecule has 1 unspecified atom stereocenters. The van der Waals surface area contributed by atoms with E-state index in [1.165, 1.54) is 9.21 Å². The minimum atomic E-state index is -4.07. The number of nitrogens with one attached hydrogen (secondary N) is 3. The number of amides is 4. The first-order valence-electron chi connectivity index (χ1n) is 14.9. The fraction of sp³-hybridized carbons (Fsp3) is 0.786. The lowest BCUT2D eigenvalue weighted by molar-refractivity contribution is -0.141. The maximum absolute atomic E-state index is 13.7. The average Bonchev–Trinajstić information content (AvgIpc) is 3.19. The summed E-state index contributed by atoms with van der Waals surface area (Å²) in [6.45, 7) is 7.71. The summed E-state index contributed by atoms with van der Waals surface area (Å²) in [4.78, 5) is 54.9. The Bertz CT molecular complexity index is 1170. The Kier molecular flexibility index (Phi) is 9.37. The van der Waals surface area contributed by atoms with Gasteiger partial charge in [0.15, 0.2) is 0 Å². The largest absolute Gasteiger partial charge is 0.444 e. The zero-order chi connectivity index (χ0) is 30.0. The van der Waals surface area contributed by atoms with Crippen LogP contribution in [0.3, 0.4) is 0 Å². The summed E-state index contributed by atoms with van der Waals surface area (Å²) in [5.41, 5.74) is -2.14. The quantitative estimate of drug-likeness (QED) is 0.421. The van der Waals surface area contributed by atoms with Crippen molar-refractivity contribution in [3.05, 3.63) is 12.2 Å². The van der Waals surface area contributed by atoms with Crippen LogP contribution in [0, 0.1) is 5.92 Å². The lowest BCUT2D eigenvalue weighted by Crippen LogP contribution is -2.59. The first-order chi connectivity index (χ1) is 19.2. The van der Waals surface area contributed by atoms with E-state index in [4.69, 9.17) is 4.74 Å². The number of allylic oxidation sites excluding steroid dienone is 1. The molecule has 13 heteroatoms. The molecule has 12 nitrogen and oxygen atoms in total. The molecule has 0 aromatic carbocycles. The van der Waals surface area contributed by atoms with Gasteiger partial charge >= 0.3 is 16.3 Å². The molecule has 230 valence electrons. The van der Waals surface area contributed by atoms with Crippen LogP contribution in [-0.4, -0.2) is 83.8 Å². The zero-order valence-corrected chi connectivity index (χ0v) is 25.4. The Labute approximate surface area is 243 Å². The topological polar surface area (TPSA) is 154 Å². The first-order valence-corrected chi connectivity index (χ1v) is 16.3. The van der Waals surface area contributed by atoms with Gasteiger partial charge in [-0.05, 0) is 79.1 Å². The van der Waals surface area contributed by atoms with Crippen molar-refractivity contribution in [3.63, 3.8) is 0 Å². The third kappa shape index (κ3) is 7.40. The SMILES string of the molecule is CC1CCCN1S(=O)(=O)NC(=O)[C@@]12C[C@H]1C=CCCCCC[C@H](NC(=O)OC(C)(C)C)C(=O)N1CCC[C@H]1C(=O)N2. The second-order valence-electron chi connectivity index (χ2n) is 12.8. The maximum Gasteiger partial charge on any atom is 0.408 e. The van der Waals surface area contributed by atoms with Crippen LogP contribution in [-0.2, 0) is 29.3 Å². The van der Waals surface area contributed by atoms with Gasteiger partial charge in [-0.15, -0.1) is 0 Å². The smallest absolute Gasteiger partial charge is 0.408 e. The minimum Gasteiger partial charge on any atom is -0.444 e. The molecular weight excluding hydrogens is 550 g/mol.